The molecule has 1 unspecified atom stereocenters. The van der Waals surface area contributed by atoms with E-state index in [0.29, 0.717) is 13.2 Å². The largest absolute Gasteiger partial charge is 0.465 e. The molecule has 102 valence electrons. The van der Waals surface area contributed by atoms with Gasteiger partial charge in [0.25, 0.3) is 0 Å². The van der Waals surface area contributed by atoms with E-state index in [4.69, 9.17) is 9.47 Å². The third-order valence-corrected chi connectivity index (χ3v) is 2.45. The van der Waals surface area contributed by atoms with Gasteiger partial charge in [-0.2, -0.15) is 0 Å². The van der Waals surface area contributed by atoms with E-state index in [1.54, 1.807) is 0 Å². The number of likely N-dealkylation sites (N-methyl/N-ethyl adjacent to an activating group) is 1. The summed E-state index contributed by atoms with van der Waals surface area (Å²) in [6.45, 7) is 8.24. The quantitative estimate of drug-likeness (QED) is 0.447. The van der Waals surface area contributed by atoms with Gasteiger partial charge in [0.15, 0.2) is 0 Å². The zero-order chi connectivity index (χ0) is 12.9. The van der Waals surface area contributed by atoms with Crippen molar-refractivity contribution >= 4 is 5.97 Å². The van der Waals surface area contributed by atoms with Gasteiger partial charge in [-0.3, -0.25) is 4.79 Å². The van der Waals surface area contributed by atoms with E-state index in [1.807, 2.05) is 13.8 Å². The number of nitrogens with one attached hydrogen (secondary N) is 1. The normalized spacial score (nSPS) is 12.4. The maximum Gasteiger partial charge on any atom is 0.325 e. The minimum Gasteiger partial charge on any atom is -0.465 e. The highest BCUT2D eigenvalue weighted by Gasteiger charge is 2.18. The summed E-state index contributed by atoms with van der Waals surface area (Å²) < 4.78 is 10.5. The maximum absolute atomic E-state index is 11.5. The van der Waals surface area contributed by atoms with E-state index < -0.39 is 0 Å². The highest BCUT2D eigenvalue weighted by molar-refractivity contribution is 5.75. The van der Waals surface area contributed by atoms with Gasteiger partial charge < -0.3 is 14.8 Å². The number of carbonyl (C=O) groups is 1. The smallest absolute Gasteiger partial charge is 0.325 e. The third-order valence-electron chi connectivity index (χ3n) is 2.45. The first-order valence-corrected chi connectivity index (χ1v) is 6.73. The van der Waals surface area contributed by atoms with Gasteiger partial charge >= 0.3 is 5.97 Å². The second-order valence-electron chi connectivity index (χ2n) is 4.00. The molecule has 4 heteroatoms. The Morgan fingerprint density at radius 1 is 1.18 bits per heavy atom. The molecule has 0 rings (SSSR count). The molecule has 0 bridgehead atoms. The molecule has 0 aromatic heterocycles. The van der Waals surface area contributed by atoms with Gasteiger partial charge in [-0.25, -0.2) is 0 Å². The molecule has 0 aliphatic rings. The molecular weight excluding hydrogens is 218 g/mol. The molecule has 0 radical (unpaired) electrons. The molecule has 0 aromatic rings. The first-order chi connectivity index (χ1) is 8.26. The number of unbranched alkanes of at least 4 members (excludes halogenated alkanes) is 3. The molecule has 0 aliphatic carbocycles. The lowest BCUT2D eigenvalue weighted by Gasteiger charge is -2.16. The van der Waals surface area contributed by atoms with Crippen molar-refractivity contribution < 1.29 is 14.3 Å². The Hall–Kier alpha value is -0.610. The van der Waals surface area contributed by atoms with Gasteiger partial charge in [0.2, 0.25) is 0 Å². The second kappa shape index (κ2) is 11.9. The van der Waals surface area contributed by atoms with Crippen LogP contribution in [0.25, 0.3) is 0 Å². The predicted octanol–water partition coefficient (Wildman–Crippen LogP) is 2.12. The Labute approximate surface area is 105 Å². The van der Waals surface area contributed by atoms with E-state index in [2.05, 4.69) is 12.2 Å². The molecule has 4 nitrogen and oxygen atoms in total. The highest BCUT2D eigenvalue weighted by Crippen LogP contribution is 2.00. The topological polar surface area (TPSA) is 47.6 Å². The lowest BCUT2D eigenvalue weighted by molar-refractivity contribution is -0.147. The maximum atomic E-state index is 11.5. The number of ether oxygens (including phenoxy) is 2. The van der Waals surface area contributed by atoms with Crippen LogP contribution in [0.5, 0.6) is 0 Å². The molecule has 0 aromatic carbocycles. The van der Waals surface area contributed by atoms with E-state index >= 15 is 0 Å². The summed E-state index contributed by atoms with van der Waals surface area (Å²) in [5.41, 5.74) is 0. The summed E-state index contributed by atoms with van der Waals surface area (Å²) in [6.07, 6.45) is 4.73. The van der Waals surface area contributed by atoms with Crippen molar-refractivity contribution in [3.63, 3.8) is 0 Å². The first-order valence-electron chi connectivity index (χ1n) is 6.73. The molecule has 1 atom stereocenters. The number of rotatable bonds is 11. The fourth-order valence-electron chi connectivity index (χ4n) is 1.53. The van der Waals surface area contributed by atoms with Crippen molar-refractivity contribution in [1.82, 2.24) is 5.32 Å². The minimum absolute atomic E-state index is 0.220. The van der Waals surface area contributed by atoms with E-state index in [1.165, 1.54) is 19.3 Å². The molecule has 1 N–H and O–H groups in total. The van der Waals surface area contributed by atoms with Crippen LogP contribution in [-0.4, -0.2) is 38.4 Å². The summed E-state index contributed by atoms with van der Waals surface area (Å²) in [5, 5.41) is 3.07. The summed E-state index contributed by atoms with van der Waals surface area (Å²) in [4.78, 5) is 11.5. The molecule has 0 heterocycles. The van der Waals surface area contributed by atoms with Crippen molar-refractivity contribution in [3.8, 4) is 0 Å². The fourth-order valence-corrected chi connectivity index (χ4v) is 1.53. The van der Waals surface area contributed by atoms with Gasteiger partial charge in [-0.1, -0.05) is 33.1 Å². The van der Waals surface area contributed by atoms with Gasteiger partial charge in [0.05, 0.1) is 13.2 Å². The van der Waals surface area contributed by atoms with Crippen LogP contribution in [0.3, 0.4) is 0 Å². The average Bonchev–Trinajstić information content (AvgIpc) is 2.32. The van der Waals surface area contributed by atoms with Gasteiger partial charge in [0, 0.05) is 6.61 Å². The molecule has 0 saturated heterocycles. The van der Waals surface area contributed by atoms with Crippen molar-refractivity contribution in [2.24, 2.45) is 0 Å². The third kappa shape index (κ3) is 9.12. The molecule has 0 aliphatic heterocycles. The standard InChI is InChI=1S/C13H27NO3/c1-4-7-8-9-10-16-11-12(14-5-2)13(15)17-6-3/h12,14H,4-11H2,1-3H3. The average molecular weight is 245 g/mol. The van der Waals surface area contributed by atoms with Crippen molar-refractivity contribution in [2.75, 3.05) is 26.4 Å². The Morgan fingerprint density at radius 3 is 2.53 bits per heavy atom. The zero-order valence-corrected chi connectivity index (χ0v) is 11.5. The Morgan fingerprint density at radius 2 is 1.94 bits per heavy atom. The number of hydrogen-bond donors (Lipinski definition) is 1. The minimum atomic E-state index is -0.328. The molecule has 17 heavy (non-hydrogen) atoms. The van der Waals surface area contributed by atoms with Crippen LogP contribution in [0, 0.1) is 0 Å². The Bertz CT molecular complexity index is 186. The summed E-state index contributed by atoms with van der Waals surface area (Å²) >= 11 is 0. The zero-order valence-electron chi connectivity index (χ0n) is 11.5. The van der Waals surface area contributed by atoms with Gasteiger partial charge in [-0.05, 0) is 19.9 Å². The highest BCUT2D eigenvalue weighted by atomic mass is 16.5. The van der Waals surface area contributed by atoms with Gasteiger partial charge in [-0.15, -0.1) is 0 Å². The van der Waals surface area contributed by atoms with Crippen LogP contribution in [0.15, 0.2) is 0 Å². The van der Waals surface area contributed by atoms with Crippen LogP contribution in [0.2, 0.25) is 0 Å². The van der Waals surface area contributed by atoms with Crippen LogP contribution in [0.1, 0.15) is 46.5 Å². The van der Waals surface area contributed by atoms with Crippen molar-refractivity contribution in [2.45, 2.75) is 52.5 Å². The Kier molecular flexibility index (Phi) is 11.4. The SMILES string of the molecule is CCCCCCOCC(NCC)C(=O)OCC. The van der Waals surface area contributed by atoms with E-state index in [9.17, 15) is 4.79 Å². The van der Waals surface area contributed by atoms with Crippen LogP contribution in [-0.2, 0) is 14.3 Å². The van der Waals surface area contributed by atoms with E-state index in [0.717, 1.165) is 19.6 Å². The van der Waals surface area contributed by atoms with Crippen LogP contribution < -0.4 is 5.32 Å². The van der Waals surface area contributed by atoms with Crippen LogP contribution in [0.4, 0.5) is 0 Å². The Balaban J connectivity index is 3.65. The molecule has 0 spiro atoms. The second-order valence-corrected chi connectivity index (χ2v) is 4.00. The lowest BCUT2D eigenvalue weighted by Crippen LogP contribution is -2.41. The molecule has 0 saturated carbocycles. The van der Waals surface area contributed by atoms with E-state index in [-0.39, 0.29) is 12.0 Å². The predicted molar refractivity (Wildman–Crippen MR) is 69.1 cm³/mol. The summed E-state index contributed by atoms with van der Waals surface area (Å²) in [6, 6.07) is -0.328. The summed E-state index contributed by atoms with van der Waals surface area (Å²) in [5.74, 6) is -0.220. The first kappa shape index (κ1) is 16.4. The number of esters is 1. The molecule has 0 fully saturated rings. The number of hydrogen-bond acceptors (Lipinski definition) is 4. The number of carbonyl (C=O) groups excluding carboxylic acids is 1. The lowest BCUT2D eigenvalue weighted by atomic mass is 10.2. The molecular formula is C13H27NO3. The monoisotopic (exact) mass is 245 g/mol. The van der Waals surface area contributed by atoms with Gasteiger partial charge in [0.1, 0.15) is 6.04 Å². The fraction of sp³-hybridized carbons (Fsp3) is 0.923. The van der Waals surface area contributed by atoms with Crippen LogP contribution >= 0.6 is 0 Å². The summed E-state index contributed by atoms with van der Waals surface area (Å²) in [7, 11) is 0. The molecule has 0 amide bonds. The van der Waals surface area contributed by atoms with Crippen molar-refractivity contribution in [1.29, 1.82) is 0 Å². The van der Waals surface area contributed by atoms with Crippen molar-refractivity contribution in [3.05, 3.63) is 0 Å².